The van der Waals surface area contributed by atoms with Crippen molar-refractivity contribution in [2.45, 2.75) is 40.7 Å². The average molecular weight is 458 g/mol. The Labute approximate surface area is 193 Å². The Kier molecular flexibility index (Phi) is 7.12. The van der Waals surface area contributed by atoms with E-state index in [0.717, 1.165) is 13.1 Å². The molecular weight excluding hydrogens is 426 g/mol. The van der Waals surface area contributed by atoms with Gasteiger partial charge < -0.3 is 29.0 Å². The van der Waals surface area contributed by atoms with Crippen LogP contribution in [0.5, 0.6) is 0 Å². The first-order valence-corrected chi connectivity index (χ1v) is 11.0. The van der Waals surface area contributed by atoms with Crippen molar-refractivity contribution < 1.29 is 28.6 Å². The topological polar surface area (TPSA) is 116 Å². The number of carbonyl (C=O) groups is 3. The summed E-state index contributed by atoms with van der Waals surface area (Å²) in [6.07, 6.45) is 0. The van der Waals surface area contributed by atoms with E-state index in [1.807, 2.05) is 13.8 Å². The first-order chi connectivity index (χ1) is 15.7. The Morgan fingerprint density at radius 1 is 1.21 bits per heavy atom. The van der Waals surface area contributed by atoms with E-state index in [-0.39, 0.29) is 17.0 Å². The number of nitrogens with zero attached hydrogens (tertiary/aromatic N) is 2. The molecule has 1 aliphatic rings. The maximum Gasteiger partial charge on any atom is 0.354 e. The number of aryl methyl sites for hydroxylation is 2. The van der Waals surface area contributed by atoms with Gasteiger partial charge in [-0.15, -0.1) is 0 Å². The summed E-state index contributed by atoms with van der Waals surface area (Å²) in [6.45, 7) is 11.6. The highest BCUT2D eigenvalue weighted by Gasteiger charge is 2.48. The molecule has 0 bridgehead atoms. The molecule has 2 N–H and O–H groups in total. The summed E-state index contributed by atoms with van der Waals surface area (Å²) in [6, 6.07) is 2.59. The summed E-state index contributed by atoms with van der Waals surface area (Å²) >= 11 is 0. The number of aromatic amines is 1. The predicted molar refractivity (Wildman–Crippen MR) is 122 cm³/mol. The molecule has 1 amide bonds. The van der Waals surface area contributed by atoms with Crippen LogP contribution in [0.25, 0.3) is 5.76 Å². The molecule has 3 rings (SSSR count). The molecule has 9 nitrogen and oxygen atoms in total. The van der Waals surface area contributed by atoms with Crippen molar-refractivity contribution >= 4 is 23.4 Å². The molecule has 0 aliphatic carbocycles. The standard InChI is InChI=1S/C24H31N3O6/c1-7-26(8-2)11-12-27-20(16-10-9-13(3)33-16)18(22(29)23(27)30)21(28)17-14(4)19(24(31)32-6)25-15(17)5/h9-10,20,25,28H,7-8,11-12H2,1-6H3/b21-18-. The molecule has 0 spiro atoms. The number of esters is 1. The van der Waals surface area contributed by atoms with E-state index in [1.54, 1.807) is 32.9 Å². The van der Waals surface area contributed by atoms with Gasteiger partial charge in [0.1, 0.15) is 29.0 Å². The fraction of sp³-hybridized carbons (Fsp3) is 0.458. The van der Waals surface area contributed by atoms with E-state index in [4.69, 9.17) is 9.15 Å². The van der Waals surface area contributed by atoms with Gasteiger partial charge in [-0.3, -0.25) is 9.59 Å². The van der Waals surface area contributed by atoms with E-state index in [1.165, 1.54) is 12.0 Å². The van der Waals surface area contributed by atoms with E-state index in [0.29, 0.717) is 41.4 Å². The van der Waals surface area contributed by atoms with Crippen molar-refractivity contribution in [1.82, 2.24) is 14.8 Å². The number of likely N-dealkylation sites (tertiary alicyclic amines) is 1. The number of likely N-dealkylation sites (N-methyl/N-ethyl adjacent to an activating group) is 1. The lowest BCUT2D eigenvalue weighted by Crippen LogP contribution is -2.37. The minimum Gasteiger partial charge on any atom is -0.507 e. The summed E-state index contributed by atoms with van der Waals surface area (Å²) in [5.41, 5.74) is 1.33. The van der Waals surface area contributed by atoms with Crippen LogP contribution in [-0.2, 0) is 14.3 Å². The zero-order valence-corrected chi connectivity index (χ0v) is 19.9. The van der Waals surface area contributed by atoms with Gasteiger partial charge in [-0.2, -0.15) is 0 Å². The van der Waals surface area contributed by atoms with Gasteiger partial charge in [0.05, 0.1) is 12.7 Å². The summed E-state index contributed by atoms with van der Waals surface area (Å²) in [5, 5.41) is 11.3. The van der Waals surface area contributed by atoms with Gasteiger partial charge in [-0.1, -0.05) is 13.8 Å². The number of aliphatic hydroxyl groups is 1. The number of carbonyl (C=O) groups excluding carboxylic acids is 3. The van der Waals surface area contributed by atoms with E-state index >= 15 is 0 Å². The SMILES string of the molecule is CCN(CC)CCN1C(=O)C(=O)/C(=C(\O)c2c(C)[nH]c(C(=O)OC)c2C)C1c1ccc(C)o1. The molecular formula is C24H31N3O6. The minimum atomic E-state index is -0.871. The molecule has 1 fully saturated rings. The second kappa shape index (κ2) is 9.66. The van der Waals surface area contributed by atoms with E-state index < -0.39 is 23.7 Å². The molecule has 1 saturated heterocycles. The quantitative estimate of drug-likeness (QED) is 0.271. The fourth-order valence-electron chi connectivity index (χ4n) is 4.34. The molecule has 33 heavy (non-hydrogen) atoms. The highest BCUT2D eigenvalue weighted by Crippen LogP contribution is 2.41. The monoisotopic (exact) mass is 457 g/mol. The Balaban J connectivity index is 2.15. The second-order valence-electron chi connectivity index (χ2n) is 8.08. The number of hydrogen-bond acceptors (Lipinski definition) is 7. The van der Waals surface area contributed by atoms with Crippen molar-refractivity contribution in [3.63, 3.8) is 0 Å². The minimum absolute atomic E-state index is 0.0597. The van der Waals surface area contributed by atoms with Gasteiger partial charge >= 0.3 is 5.97 Å². The van der Waals surface area contributed by atoms with Crippen LogP contribution >= 0.6 is 0 Å². The Hall–Kier alpha value is -3.33. The maximum absolute atomic E-state index is 13.2. The molecule has 178 valence electrons. The molecule has 9 heteroatoms. The summed E-state index contributed by atoms with van der Waals surface area (Å²) < 4.78 is 10.6. The molecule has 0 saturated carbocycles. The lowest BCUT2D eigenvalue weighted by atomic mass is 9.97. The molecule has 2 aromatic rings. The van der Waals surface area contributed by atoms with Crippen LogP contribution in [0.3, 0.4) is 0 Å². The number of ether oxygens (including phenoxy) is 1. The third-order valence-electron chi connectivity index (χ3n) is 6.19. The van der Waals surface area contributed by atoms with E-state index in [2.05, 4.69) is 9.88 Å². The zero-order chi connectivity index (χ0) is 24.4. The Morgan fingerprint density at radius 2 is 1.88 bits per heavy atom. The summed E-state index contributed by atoms with van der Waals surface area (Å²) in [7, 11) is 1.26. The normalized spacial score (nSPS) is 17.9. The summed E-state index contributed by atoms with van der Waals surface area (Å²) in [5.74, 6) is -1.40. The van der Waals surface area contributed by atoms with Crippen molar-refractivity contribution in [3.05, 3.63) is 51.7 Å². The molecule has 2 aromatic heterocycles. The predicted octanol–water partition coefficient (Wildman–Crippen LogP) is 3.08. The summed E-state index contributed by atoms with van der Waals surface area (Å²) in [4.78, 5) is 44.8. The third-order valence-corrected chi connectivity index (χ3v) is 6.19. The molecule has 0 radical (unpaired) electrons. The smallest absolute Gasteiger partial charge is 0.354 e. The number of rotatable bonds is 8. The number of amides is 1. The van der Waals surface area contributed by atoms with Gasteiger partial charge in [0.25, 0.3) is 11.7 Å². The Morgan fingerprint density at radius 3 is 2.42 bits per heavy atom. The van der Waals surface area contributed by atoms with Crippen LogP contribution in [0.1, 0.15) is 58.7 Å². The number of hydrogen-bond donors (Lipinski definition) is 2. The van der Waals surface area contributed by atoms with Crippen molar-refractivity contribution in [2.75, 3.05) is 33.3 Å². The number of methoxy groups -OCH3 is 1. The van der Waals surface area contributed by atoms with Gasteiger partial charge in [0.2, 0.25) is 0 Å². The lowest BCUT2D eigenvalue weighted by molar-refractivity contribution is -0.140. The first-order valence-electron chi connectivity index (χ1n) is 11.0. The van der Waals surface area contributed by atoms with Crippen LogP contribution in [0.15, 0.2) is 22.1 Å². The lowest BCUT2D eigenvalue weighted by Gasteiger charge is -2.26. The van der Waals surface area contributed by atoms with Gasteiger partial charge in [0, 0.05) is 24.3 Å². The largest absolute Gasteiger partial charge is 0.507 e. The van der Waals surface area contributed by atoms with Crippen LogP contribution in [0.2, 0.25) is 0 Å². The number of nitrogens with one attached hydrogen (secondary N) is 1. The molecule has 0 aromatic carbocycles. The number of H-pyrrole nitrogens is 1. The maximum atomic E-state index is 13.2. The van der Waals surface area contributed by atoms with Gasteiger partial charge in [0.15, 0.2) is 0 Å². The number of ketones is 1. The fourth-order valence-corrected chi connectivity index (χ4v) is 4.34. The molecule has 1 unspecified atom stereocenters. The van der Waals surface area contributed by atoms with Crippen LogP contribution in [-0.4, -0.2) is 70.8 Å². The average Bonchev–Trinajstić information content (AvgIpc) is 3.42. The van der Waals surface area contributed by atoms with Crippen LogP contribution in [0.4, 0.5) is 0 Å². The third kappa shape index (κ3) is 4.32. The zero-order valence-electron chi connectivity index (χ0n) is 19.9. The van der Waals surface area contributed by atoms with Gasteiger partial charge in [-0.05, 0) is 51.6 Å². The number of Topliss-reactive ketones (excluding diaryl/α,β-unsaturated/α-hetero) is 1. The van der Waals surface area contributed by atoms with E-state index in [9.17, 15) is 19.5 Å². The van der Waals surface area contributed by atoms with Crippen molar-refractivity contribution in [2.24, 2.45) is 0 Å². The molecule has 1 aliphatic heterocycles. The van der Waals surface area contributed by atoms with Crippen molar-refractivity contribution in [3.8, 4) is 0 Å². The second-order valence-corrected chi connectivity index (χ2v) is 8.08. The van der Waals surface area contributed by atoms with Crippen LogP contribution in [0, 0.1) is 20.8 Å². The molecule has 1 atom stereocenters. The van der Waals surface area contributed by atoms with Gasteiger partial charge in [-0.25, -0.2) is 4.79 Å². The highest BCUT2D eigenvalue weighted by molar-refractivity contribution is 6.46. The van der Waals surface area contributed by atoms with Crippen LogP contribution < -0.4 is 0 Å². The molecule has 3 heterocycles. The first kappa shape index (κ1) is 24.3. The highest BCUT2D eigenvalue weighted by atomic mass is 16.5. The number of furan rings is 1. The Bertz CT molecular complexity index is 1110. The number of aliphatic hydroxyl groups excluding tert-OH is 1. The van der Waals surface area contributed by atoms with Crippen molar-refractivity contribution in [1.29, 1.82) is 0 Å². The number of aromatic nitrogens is 1.